The molecule has 130 valence electrons. The van der Waals surface area contributed by atoms with E-state index in [-0.39, 0.29) is 11.6 Å². The molecule has 1 aromatic rings. The minimum Gasteiger partial charge on any atom is -0.332 e. The van der Waals surface area contributed by atoms with E-state index in [0.29, 0.717) is 6.04 Å². The molecule has 24 heavy (non-hydrogen) atoms. The van der Waals surface area contributed by atoms with Gasteiger partial charge >= 0.3 is 6.03 Å². The highest BCUT2D eigenvalue weighted by molar-refractivity contribution is 5.76. The van der Waals surface area contributed by atoms with Crippen molar-refractivity contribution in [3.05, 3.63) is 35.9 Å². The minimum atomic E-state index is 0.0155. The van der Waals surface area contributed by atoms with Crippen LogP contribution in [0.25, 0.3) is 0 Å². The molecule has 1 aromatic carbocycles. The molecule has 4 heteroatoms. The Morgan fingerprint density at radius 1 is 1.08 bits per heavy atom. The van der Waals surface area contributed by atoms with Crippen molar-refractivity contribution >= 4 is 6.03 Å². The fraction of sp³-hybridized carbons (Fsp3) is 0.650. The lowest BCUT2D eigenvalue weighted by Gasteiger charge is -2.32. The topological polar surface area (TPSA) is 35.6 Å². The molecule has 1 unspecified atom stereocenters. The van der Waals surface area contributed by atoms with E-state index in [2.05, 4.69) is 34.5 Å². The van der Waals surface area contributed by atoms with Crippen molar-refractivity contribution in [2.24, 2.45) is 0 Å². The first-order valence-corrected chi connectivity index (χ1v) is 9.59. The van der Waals surface area contributed by atoms with Gasteiger partial charge in [0.1, 0.15) is 0 Å². The summed E-state index contributed by atoms with van der Waals surface area (Å²) in [7, 11) is 0. The molecule has 2 aliphatic heterocycles. The maximum absolute atomic E-state index is 12.7. The predicted octanol–water partition coefficient (Wildman–Crippen LogP) is 3.03. The fourth-order valence-electron chi connectivity index (χ4n) is 4.30. The van der Waals surface area contributed by atoms with Gasteiger partial charge in [-0.05, 0) is 57.2 Å². The number of nitrogens with zero attached hydrogens (tertiary/aromatic N) is 2. The van der Waals surface area contributed by atoms with Crippen molar-refractivity contribution in [1.82, 2.24) is 15.1 Å². The van der Waals surface area contributed by atoms with Crippen molar-refractivity contribution in [2.75, 3.05) is 26.2 Å². The van der Waals surface area contributed by atoms with E-state index in [1.165, 1.54) is 37.9 Å². The van der Waals surface area contributed by atoms with Gasteiger partial charge in [-0.1, -0.05) is 36.8 Å². The molecule has 2 amide bonds. The van der Waals surface area contributed by atoms with Crippen LogP contribution < -0.4 is 5.32 Å². The fourth-order valence-corrected chi connectivity index (χ4v) is 4.30. The molecule has 0 bridgehead atoms. The van der Waals surface area contributed by atoms with Crippen LogP contribution in [-0.2, 0) is 6.42 Å². The average Bonchev–Trinajstić information content (AvgIpc) is 3.18. The van der Waals surface area contributed by atoms with Gasteiger partial charge in [0.05, 0.1) is 0 Å². The Labute approximate surface area is 145 Å². The second-order valence-corrected chi connectivity index (χ2v) is 7.86. The summed E-state index contributed by atoms with van der Waals surface area (Å²) in [4.78, 5) is 17.4. The van der Waals surface area contributed by atoms with Gasteiger partial charge in [0.2, 0.25) is 0 Å². The molecule has 1 N–H and O–H groups in total. The zero-order chi connectivity index (χ0) is 16.4. The monoisotopic (exact) mass is 327 g/mol. The molecule has 0 radical (unpaired) electrons. The van der Waals surface area contributed by atoms with Crippen LogP contribution in [0.5, 0.6) is 0 Å². The maximum Gasteiger partial charge on any atom is 0.317 e. The molecule has 4 nitrogen and oxygen atoms in total. The van der Waals surface area contributed by atoms with E-state index in [4.69, 9.17) is 0 Å². The third kappa shape index (κ3) is 3.59. The molecule has 2 saturated heterocycles. The number of hydrogen-bond acceptors (Lipinski definition) is 2. The summed E-state index contributed by atoms with van der Waals surface area (Å²) in [6.45, 7) is 4.26. The van der Waals surface area contributed by atoms with Gasteiger partial charge < -0.3 is 10.2 Å². The number of hydrogen-bond donors (Lipinski definition) is 1. The van der Waals surface area contributed by atoms with Crippen LogP contribution in [0.3, 0.4) is 0 Å². The molecule has 0 spiro atoms. The van der Waals surface area contributed by atoms with E-state index in [1.54, 1.807) is 0 Å². The second kappa shape index (κ2) is 6.75. The number of piperidine rings is 1. The summed E-state index contributed by atoms with van der Waals surface area (Å²) >= 11 is 0. The van der Waals surface area contributed by atoms with E-state index < -0.39 is 0 Å². The van der Waals surface area contributed by atoms with Crippen LogP contribution in [0.15, 0.2) is 30.3 Å². The van der Waals surface area contributed by atoms with E-state index >= 15 is 0 Å². The van der Waals surface area contributed by atoms with Crippen molar-refractivity contribution in [3.63, 3.8) is 0 Å². The zero-order valence-corrected chi connectivity index (χ0v) is 14.5. The molecular formula is C20H29N3O. The van der Waals surface area contributed by atoms with Gasteiger partial charge in [0.15, 0.2) is 0 Å². The summed E-state index contributed by atoms with van der Waals surface area (Å²) in [6, 6.07) is 11.3. The summed E-state index contributed by atoms with van der Waals surface area (Å²) in [5, 5.41) is 3.35. The highest BCUT2D eigenvalue weighted by atomic mass is 16.2. The lowest BCUT2D eigenvalue weighted by molar-refractivity contribution is 0.160. The Kier molecular flexibility index (Phi) is 4.49. The van der Waals surface area contributed by atoms with Crippen LogP contribution in [0.1, 0.15) is 44.1 Å². The Bertz CT molecular complexity index is 564. The number of carbonyl (C=O) groups excluding carboxylic acids is 1. The van der Waals surface area contributed by atoms with Gasteiger partial charge in [0, 0.05) is 24.7 Å². The Morgan fingerprint density at radius 2 is 1.83 bits per heavy atom. The van der Waals surface area contributed by atoms with Crippen LogP contribution >= 0.6 is 0 Å². The molecule has 3 aliphatic rings. The van der Waals surface area contributed by atoms with Crippen molar-refractivity contribution in [2.45, 2.75) is 56.5 Å². The predicted molar refractivity (Wildman–Crippen MR) is 96.0 cm³/mol. The van der Waals surface area contributed by atoms with Crippen LogP contribution in [0.4, 0.5) is 4.79 Å². The van der Waals surface area contributed by atoms with Crippen LogP contribution in [0, 0.1) is 0 Å². The van der Waals surface area contributed by atoms with E-state index in [0.717, 1.165) is 38.8 Å². The molecule has 1 aliphatic carbocycles. The molecular weight excluding hydrogens is 298 g/mol. The molecule has 1 atom stereocenters. The van der Waals surface area contributed by atoms with Gasteiger partial charge in [0.25, 0.3) is 0 Å². The van der Waals surface area contributed by atoms with E-state index in [1.807, 2.05) is 11.0 Å². The van der Waals surface area contributed by atoms with Crippen molar-refractivity contribution in [1.29, 1.82) is 0 Å². The average molecular weight is 327 g/mol. The SMILES string of the molecule is O=C(NC1(Cc2ccccc2)CC1)N1CCC(N2CCCCC2)C1. The first-order valence-electron chi connectivity index (χ1n) is 9.59. The third-order valence-corrected chi connectivity index (χ3v) is 5.97. The lowest BCUT2D eigenvalue weighted by atomic mass is 10.0. The molecule has 3 fully saturated rings. The Morgan fingerprint density at radius 3 is 2.54 bits per heavy atom. The number of likely N-dealkylation sites (tertiary alicyclic amines) is 2. The molecule has 0 aromatic heterocycles. The maximum atomic E-state index is 12.7. The minimum absolute atomic E-state index is 0.0155. The van der Waals surface area contributed by atoms with Crippen LogP contribution in [-0.4, -0.2) is 53.6 Å². The number of rotatable bonds is 4. The Hall–Kier alpha value is -1.55. The summed E-state index contributed by atoms with van der Waals surface area (Å²) in [5.41, 5.74) is 1.34. The quantitative estimate of drug-likeness (QED) is 0.923. The third-order valence-electron chi connectivity index (χ3n) is 5.97. The summed E-state index contributed by atoms with van der Waals surface area (Å²) < 4.78 is 0. The lowest BCUT2D eigenvalue weighted by Crippen LogP contribution is -2.48. The first kappa shape index (κ1) is 15.9. The van der Waals surface area contributed by atoms with E-state index in [9.17, 15) is 4.79 Å². The summed E-state index contributed by atoms with van der Waals surface area (Å²) in [5.74, 6) is 0. The Balaban J connectivity index is 1.30. The van der Waals surface area contributed by atoms with Gasteiger partial charge in [-0.2, -0.15) is 0 Å². The molecule has 4 rings (SSSR count). The number of nitrogens with one attached hydrogen (secondary N) is 1. The standard InChI is InChI=1S/C20H29N3O/c24-19(21-20(10-11-20)15-17-7-3-1-4-8-17)23-14-9-18(16-23)22-12-5-2-6-13-22/h1,3-4,7-8,18H,2,5-6,9-16H2,(H,21,24). The number of benzene rings is 1. The van der Waals surface area contributed by atoms with Crippen LogP contribution in [0.2, 0.25) is 0 Å². The normalized spacial score (nSPS) is 26.3. The number of carbonyl (C=O) groups is 1. The first-order chi connectivity index (χ1) is 11.7. The van der Waals surface area contributed by atoms with Crippen molar-refractivity contribution < 1.29 is 4.79 Å². The highest BCUT2D eigenvalue weighted by Gasteiger charge is 2.45. The highest BCUT2D eigenvalue weighted by Crippen LogP contribution is 2.39. The smallest absolute Gasteiger partial charge is 0.317 e. The van der Waals surface area contributed by atoms with Crippen molar-refractivity contribution in [3.8, 4) is 0 Å². The summed E-state index contributed by atoms with van der Waals surface area (Å²) in [6.07, 6.45) is 8.33. The number of amides is 2. The molecule has 1 saturated carbocycles. The second-order valence-electron chi connectivity index (χ2n) is 7.86. The van der Waals surface area contributed by atoms with Gasteiger partial charge in [-0.15, -0.1) is 0 Å². The zero-order valence-electron chi connectivity index (χ0n) is 14.5. The number of urea groups is 1. The van der Waals surface area contributed by atoms with Gasteiger partial charge in [-0.25, -0.2) is 4.79 Å². The largest absolute Gasteiger partial charge is 0.332 e. The molecule has 2 heterocycles. The van der Waals surface area contributed by atoms with Gasteiger partial charge in [-0.3, -0.25) is 4.90 Å².